The van der Waals surface area contributed by atoms with E-state index in [4.69, 9.17) is 34.8 Å². The van der Waals surface area contributed by atoms with Crippen LogP contribution >= 0.6 is 34.8 Å². The number of rotatable bonds is 7. The first-order valence-electron chi connectivity index (χ1n) is 10.0. The Hall–Kier alpha value is -2.28. The second kappa shape index (κ2) is 9.07. The highest BCUT2D eigenvalue weighted by Crippen LogP contribution is 2.36. The molecule has 0 aliphatic heterocycles. The zero-order valence-electron chi connectivity index (χ0n) is 16.8. The second-order valence-corrected chi connectivity index (χ2v) is 8.96. The standard InChI is InChI=1S/C22H21Cl3N4O2/c1-13(20-17(24)3-2-4-18(20)25)11-26-19(30)12-28-22(31)29(16-9-10-16)21(27-28)14-5-7-15(23)8-6-14/h2-8,13,16H,9-12H2,1H3,(H,26,30). The van der Waals surface area contributed by atoms with Crippen molar-refractivity contribution >= 4 is 40.7 Å². The Bertz CT molecular complexity index is 1150. The topological polar surface area (TPSA) is 68.9 Å². The summed E-state index contributed by atoms with van der Waals surface area (Å²) in [6, 6.07) is 12.6. The molecule has 1 unspecified atom stereocenters. The fourth-order valence-electron chi connectivity index (χ4n) is 3.52. The van der Waals surface area contributed by atoms with Gasteiger partial charge in [-0.2, -0.15) is 0 Å². The van der Waals surface area contributed by atoms with Crippen molar-refractivity contribution < 1.29 is 4.79 Å². The van der Waals surface area contributed by atoms with Crippen molar-refractivity contribution in [3.8, 4) is 11.4 Å². The third kappa shape index (κ3) is 4.81. The fourth-order valence-corrected chi connectivity index (χ4v) is 4.42. The molecule has 9 heteroatoms. The van der Waals surface area contributed by atoms with E-state index < -0.39 is 0 Å². The zero-order chi connectivity index (χ0) is 22.1. The van der Waals surface area contributed by atoms with E-state index in [2.05, 4.69) is 10.4 Å². The zero-order valence-corrected chi connectivity index (χ0v) is 19.1. The first-order valence-corrected chi connectivity index (χ1v) is 11.1. The van der Waals surface area contributed by atoms with Crippen LogP contribution in [0, 0.1) is 0 Å². The molecule has 0 spiro atoms. The Kier molecular flexibility index (Phi) is 6.42. The van der Waals surface area contributed by atoms with Gasteiger partial charge in [0.1, 0.15) is 6.54 Å². The predicted molar refractivity (Wildman–Crippen MR) is 123 cm³/mol. The van der Waals surface area contributed by atoms with Gasteiger partial charge >= 0.3 is 5.69 Å². The lowest BCUT2D eigenvalue weighted by Crippen LogP contribution is -2.35. The molecule has 4 rings (SSSR count). The first-order chi connectivity index (χ1) is 14.8. The third-order valence-electron chi connectivity index (χ3n) is 5.28. The van der Waals surface area contributed by atoms with Crippen LogP contribution in [0.5, 0.6) is 0 Å². The van der Waals surface area contributed by atoms with Crippen molar-refractivity contribution in [2.45, 2.75) is 38.3 Å². The summed E-state index contributed by atoms with van der Waals surface area (Å²) in [4.78, 5) is 25.5. The van der Waals surface area contributed by atoms with E-state index in [1.54, 1.807) is 34.9 Å². The van der Waals surface area contributed by atoms with Crippen LogP contribution in [0.2, 0.25) is 15.1 Å². The van der Waals surface area contributed by atoms with E-state index in [1.165, 1.54) is 4.68 Å². The molecule has 0 radical (unpaired) electrons. The lowest BCUT2D eigenvalue weighted by Gasteiger charge is -2.16. The normalized spacial score (nSPS) is 14.5. The number of carbonyl (C=O) groups excluding carboxylic acids is 1. The average Bonchev–Trinajstić information content (AvgIpc) is 3.51. The largest absolute Gasteiger partial charge is 0.354 e. The molecular weight excluding hydrogens is 459 g/mol. The number of benzene rings is 2. The molecular formula is C22H21Cl3N4O2. The summed E-state index contributed by atoms with van der Waals surface area (Å²) in [5, 5.41) is 9.02. The highest BCUT2D eigenvalue weighted by molar-refractivity contribution is 6.36. The van der Waals surface area contributed by atoms with Crippen molar-refractivity contribution in [1.29, 1.82) is 0 Å². The summed E-state index contributed by atoms with van der Waals surface area (Å²) in [7, 11) is 0. The molecule has 1 fully saturated rings. The van der Waals surface area contributed by atoms with E-state index in [1.807, 2.05) is 19.1 Å². The summed E-state index contributed by atoms with van der Waals surface area (Å²) in [6.45, 7) is 2.10. The lowest BCUT2D eigenvalue weighted by molar-refractivity contribution is -0.121. The summed E-state index contributed by atoms with van der Waals surface area (Å²) in [5.74, 6) is 0.156. The van der Waals surface area contributed by atoms with Crippen LogP contribution < -0.4 is 11.0 Å². The van der Waals surface area contributed by atoms with Gasteiger partial charge in [-0.3, -0.25) is 9.36 Å². The van der Waals surface area contributed by atoms with E-state index in [0.717, 1.165) is 24.0 Å². The van der Waals surface area contributed by atoms with Gasteiger partial charge < -0.3 is 5.32 Å². The van der Waals surface area contributed by atoms with Gasteiger partial charge in [-0.05, 0) is 54.8 Å². The van der Waals surface area contributed by atoms with Crippen LogP contribution in [-0.4, -0.2) is 26.8 Å². The first kappa shape index (κ1) is 21.9. The predicted octanol–water partition coefficient (Wildman–Crippen LogP) is 4.93. The number of carbonyl (C=O) groups is 1. The van der Waals surface area contributed by atoms with E-state index in [0.29, 0.717) is 27.4 Å². The van der Waals surface area contributed by atoms with Gasteiger partial charge in [-0.15, -0.1) is 5.10 Å². The number of hydrogen-bond donors (Lipinski definition) is 1. The molecule has 0 saturated heterocycles. The number of amides is 1. The van der Waals surface area contributed by atoms with Crippen LogP contribution in [0.3, 0.4) is 0 Å². The lowest BCUT2D eigenvalue weighted by atomic mass is 10.0. The Balaban J connectivity index is 1.49. The van der Waals surface area contributed by atoms with Crippen LogP contribution in [0.1, 0.15) is 37.3 Å². The average molecular weight is 480 g/mol. The monoisotopic (exact) mass is 478 g/mol. The van der Waals surface area contributed by atoms with Crippen molar-refractivity contribution in [3.63, 3.8) is 0 Å². The molecule has 1 N–H and O–H groups in total. The smallest absolute Gasteiger partial charge is 0.346 e. The van der Waals surface area contributed by atoms with Crippen LogP contribution in [0.25, 0.3) is 11.4 Å². The van der Waals surface area contributed by atoms with Gasteiger partial charge in [0.15, 0.2) is 5.82 Å². The molecule has 1 saturated carbocycles. The molecule has 162 valence electrons. The van der Waals surface area contributed by atoms with Crippen molar-refractivity contribution in [1.82, 2.24) is 19.7 Å². The Morgan fingerprint density at radius 1 is 1.13 bits per heavy atom. The number of nitrogens with one attached hydrogen (secondary N) is 1. The molecule has 1 heterocycles. The number of hydrogen-bond acceptors (Lipinski definition) is 3. The van der Waals surface area contributed by atoms with Gasteiger partial charge in [0, 0.05) is 39.1 Å². The fraction of sp³-hybridized carbons (Fsp3) is 0.318. The van der Waals surface area contributed by atoms with Crippen molar-refractivity contribution in [2.75, 3.05) is 6.54 Å². The van der Waals surface area contributed by atoms with E-state index in [-0.39, 0.29) is 30.1 Å². The summed E-state index contributed by atoms with van der Waals surface area (Å²) in [6.07, 6.45) is 1.85. The van der Waals surface area contributed by atoms with Gasteiger partial charge in [0.2, 0.25) is 5.91 Å². The highest BCUT2D eigenvalue weighted by atomic mass is 35.5. The summed E-state index contributed by atoms with van der Waals surface area (Å²) in [5.41, 5.74) is 1.28. The van der Waals surface area contributed by atoms with Crippen molar-refractivity contribution in [2.24, 2.45) is 0 Å². The maximum Gasteiger partial charge on any atom is 0.346 e. The van der Waals surface area contributed by atoms with Crippen LogP contribution in [0.4, 0.5) is 0 Å². The minimum absolute atomic E-state index is 0.0875. The van der Waals surface area contributed by atoms with Gasteiger partial charge in [0.25, 0.3) is 0 Å². The molecule has 6 nitrogen and oxygen atoms in total. The Morgan fingerprint density at radius 3 is 2.39 bits per heavy atom. The molecule has 1 aromatic heterocycles. The maximum atomic E-state index is 12.9. The number of aromatic nitrogens is 3. The highest BCUT2D eigenvalue weighted by Gasteiger charge is 2.30. The maximum absolute atomic E-state index is 12.9. The van der Waals surface area contributed by atoms with Gasteiger partial charge in [-0.25, -0.2) is 9.48 Å². The molecule has 1 amide bonds. The molecule has 0 bridgehead atoms. The van der Waals surface area contributed by atoms with E-state index >= 15 is 0 Å². The summed E-state index contributed by atoms with van der Waals surface area (Å²) < 4.78 is 2.88. The van der Waals surface area contributed by atoms with E-state index in [9.17, 15) is 9.59 Å². The minimum atomic E-state index is -0.305. The molecule has 2 aromatic carbocycles. The quantitative estimate of drug-likeness (QED) is 0.522. The Labute approximate surface area is 194 Å². The van der Waals surface area contributed by atoms with Gasteiger partial charge in [-0.1, -0.05) is 47.8 Å². The SMILES string of the molecule is CC(CNC(=O)Cn1nc(-c2ccc(Cl)cc2)n(C2CC2)c1=O)c1c(Cl)cccc1Cl. The molecule has 3 aromatic rings. The third-order valence-corrected chi connectivity index (χ3v) is 6.19. The van der Waals surface area contributed by atoms with Crippen LogP contribution in [0.15, 0.2) is 47.3 Å². The number of nitrogens with zero attached hydrogens (tertiary/aromatic N) is 3. The molecule has 31 heavy (non-hydrogen) atoms. The molecule has 1 atom stereocenters. The Morgan fingerprint density at radius 2 is 1.77 bits per heavy atom. The number of halogens is 3. The van der Waals surface area contributed by atoms with Crippen molar-refractivity contribution in [3.05, 3.63) is 73.6 Å². The molecule has 1 aliphatic carbocycles. The summed E-state index contributed by atoms with van der Waals surface area (Å²) >= 11 is 18.5. The second-order valence-electron chi connectivity index (χ2n) is 7.71. The minimum Gasteiger partial charge on any atom is -0.354 e. The molecule has 1 aliphatic rings. The van der Waals surface area contributed by atoms with Crippen LogP contribution in [-0.2, 0) is 11.3 Å². The van der Waals surface area contributed by atoms with Gasteiger partial charge in [0.05, 0.1) is 0 Å².